The Kier molecular flexibility index (Phi) is 3.63. The Morgan fingerprint density at radius 2 is 1.79 bits per heavy atom. The first-order valence-electron chi connectivity index (χ1n) is 7.78. The summed E-state index contributed by atoms with van der Waals surface area (Å²) in [5, 5.41) is 2.09. The maximum absolute atomic E-state index is 5.16. The van der Waals surface area contributed by atoms with E-state index in [2.05, 4.69) is 39.7 Å². The van der Waals surface area contributed by atoms with Crippen LogP contribution in [0.4, 0.5) is 5.69 Å². The molecule has 1 aromatic carbocycles. The van der Waals surface area contributed by atoms with Gasteiger partial charge in [-0.2, -0.15) is 0 Å². The summed E-state index contributed by atoms with van der Waals surface area (Å²) >= 11 is 0. The van der Waals surface area contributed by atoms with E-state index in [1.165, 1.54) is 0 Å². The normalized spacial score (nSPS) is 15.7. The maximum Gasteiger partial charge on any atom is 0.212 e. The van der Waals surface area contributed by atoms with Crippen LogP contribution in [0, 0.1) is 0 Å². The van der Waals surface area contributed by atoms with Gasteiger partial charge in [0.05, 0.1) is 18.5 Å². The van der Waals surface area contributed by atoms with Gasteiger partial charge in [-0.05, 0) is 18.2 Å². The van der Waals surface area contributed by atoms with Crippen LogP contribution < -0.4 is 15.2 Å². The Bertz CT molecular complexity index is 848. The zero-order chi connectivity index (χ0) is 16.4. The molecule has 118 valence electrons. The summed E-state index contributed by atoms with van der Waals surface area (Å²) in [6.07, 6.45) is 12.2. The Morgan fingerprint density at radius 3 is 2.46 bits per heavy atom. The third-order valence-electron chi connectivity index (χ3n) is 4.02. The predicted octanol–water partition coefficient (Wildman–Crippen LogP) is 3.84. The summed E-state index contributed by atoms with van der Waals surface area (Å²) < 4.78 is 5.16. The van der Waals surface area contributed by atoms with E-state index in [-0.39, 0.29) is 0 Å². The monoisotopic (exact) mass is 315 g/mol. The number of nitrogens with zero attached hydrogens (tertiary/aromatic N) is 2. The van der Waals surface area contributed by atoms with Crippen LogP contribution in [0.2, 0.25) is 0 Å². The van der Waals surface area contributed by atoms with Crippen LogP contribution in [-0.4, -0.2) is 12.1 Å². The van der Waals surface area contributed by atoms with Crippen molar-refractivity contribution in [1.82, 2.24) is 10.4 Å². The van der Waals surface area contributed by atoms with Gasteiger partial charge in [0.2, 0.25) is 5.88 Å². The summed E-state index contributed by atoms with van der Waals surface area (Å²) in [4.78, 5) is 4.33. The first kappa shape index (κ1) is 14.3. The Morgan fingerprint density at radius 1 is 1.00 bits per heavy atom. The highest BCUT2D eigenvalue weighted by molar-refractivity contribution is 5.88. The second-order valence-corrected chi connectivity index (χ2v) is 5.47. The first-order valence-corrected chi connectivity index (χ1v) is 7.78. The van der Waals surface area contributed by atoms with Crippen molar-refractivity contribution in [1.29, 1.82) is 0 Å². The number of benzene rings is 1. The number of allylic oxidation sites excluding steroid dienone is 6. The molecule has 0 unspecified atom stereocenters. The van der Waals surface area contributed by atoms with Crippen LogP contribution in [0.1, 0.15) is 5.56 Å². The number of pyridine rings is 1. The second kappa shape index (κ2) is 6.08. The fourth-order valence-electron chi connectivity index (χ4n) is 2.86. The molecular weight excluding hydrogens is 298 g/mol. The van der Waals surface area contributed by atoms with Gasteiger partial charge in [0, 0.05) is 35.2 Å². The molecule has 0 amide bonds. The van der Waals surface area contributed by atoms with E-state index in [1.54, 1.807) is 7.11 Å². The molecule has 0 spiro atoms. The molecule has 0 atom stereocenters. The summed E-state index contributed by atoms with van der Waals surface area (Å²) in [6, 6.07) is 14.2. The molecule has 4 heteroatoms. The summed E-state index contributed by atoms with van der Waals surface area (Å²) in [6.45, 7) is 0. The molecule has 2 heterocycles. The SMILES string of the molecule is COc1ccc(C2=CNN(c3ccccc3)C2=C2C=CC=C2)cn1. The van der Waals surface area contributed by atoms with Gasteiger partial charge in [0.25, 0.3) is 0 Å². The fourth-order valence-corrected chi connectivity index (χ4v) is 2.86. The van der Waals surface area contributed by atoms with Gasteiger partial charge in [-0.25, -0.2) is 4.98 Å². The molecule has 2 aliphatic rings. The predicted molar refractivity (Wildman–Crippen MR) is 96.1 cm³/mol. The quantitative estimate of drug-likeness (QED) is 0.934. The number of hydrazine groups is 1. The fraction of sp³-hybridized carbons (Fsp3) is 0.0500. The number of methoxy groups -OCH3 is 1. The molecule has 0 radical (unpaired) electrons. The van der Waals surface area contributed by atoms with Crippen LogP contribution in [0.25, 0.3) is 5.57 Å². The van der Waals surface area contributed by atoms with E-state index in [0.717, 1.165) is 28.1 Å². The van der Waals surface area contributed by atoms with Gasteiger partial charge in [-0.15, -0.1) is 0 Å². The van der Waals surface area contributed by atoms with Gasteiger partial charge >= 0.3 is 0 Å². The van der Waals surface area contributed by atoms with Crippen molar-refractivity contribution in [3.8, 4) is 5.88 Å². The van der Waals surface area contributed by atoms with Crippen molar-refractivity contribution in [3.63, 3.8) is 0 Å². The highest BCUT2D eigenvalue weighted by Crippen LogP contribution is 2.36. The van der Waals surface area contributed by atoms with Gasteiger partial charge in [-0.3, -0.25) is 5.01 Å². The van der Waals surface area contributed by atoms with Crippen molar-refractivity contribution in [3.05, 3.63) is 96.0 Å². The molecule has 0 saturated heterocycles. The van der Waals surface area contributed by atoms with Crippen LogP contribution in [0.15, 0.2) is 90.4 Å². The first-order chi connectivity index (χ1) is 11.9. The smallest absolute Gasteiger partial charge is 0.212 e. The number of hydrogen-bond acceptors (Lipinski definition) is 4. The van der Waals surface area contributed by atoms with Gasteiger partial charge in [0.1, 0.15) is 0 Å². The molecule has 0 saturated carbocycles. The number of hydrogen-bond donors (Lipinski definition) is 1. The van der Waals surface area contributed by atoms with Crippen molar-refractivity contribution >= 4 is 11.3 Å². The van der Waals surface area contributed by atoms with Crippen LogP contribution >= 0.6 is 0 Å². The number of rotatable bonds is 3. The lowest BCUT2D eigenvalue weighted by Crippen LogP contribution is -2.29. The van der Waals surface area contributed by atoms with Crippen molar-refractivity contribution < 1.29 is 4.74 Å². The highest BCUT2D eigenvalue weighted by Gasteiger charge is 2.25. The van der Waals surface area contributed by atoms with Gasteiger partial charge in [-0.1, -0.05) is 42.5 Å². The Balaban J connectivity index is 1.78. The van der Waals surface area contributed by atoms with Crippen LogP contribution in [0.3, 0.4) is 0 Å². The molecule has 1 aliphatic heterocycles. The minimum Gasteiger partial charge on any atom is -0.481 e. The molecular formula is C20H17N3O. The topological polar surface area (TPSA) is 37.4 Å². The Labute approximate surface area is 141 Å². The third-order valence-corrected chi connectivity index (χ3v) is 4.02. The third kappa shape index (κ3) is 2.48. The zero-order valence-corrected chi connectivity index (χ0v) is 13.3. The summed E-state index contributed by atoms with van der Waals surface area (Å²) in [7, 11) is 1.62. The van der Waals surface area contributed by atoms with E-state index in [1.807, 2.05) is 54.9 Å². The lowest BCUT2D eigenvalue weighted by molar-refractivity contribution is 0.398. The Hall–Kier alpha value is -3.27. The number of nitrogens with one attached hydrogen (secondary N) is 1. The lowest BCUT2D eigenvalue weighted by Gasteiger charge is -2.23. The van der Waals surface area contributed by atoms with Crippen molar-refractivity contribution in [2.45, 2.75) is 0 Å². The number of para-hydroxylation sites is 1. The van der Waals surface area contributed by atoms with Crippen molar-refractivity contribution in [2.75, 3.05) is 12.1 Å². The van der Waals surface area contributed by atoms with E-state index in [0.29, 0.717) is 5.88 Å². The molecule has 1 aromatic heterocycles. The molecule has 1 N–H and O–H groups in total. The number of aromatic nitrogens is 1. The molecule has 24 heavy (non-hydrogen) atoms. The van der Waals surface area contributed by atoms with Gasteiger partial charge in [0.15, 0.2) is 0 Å². The minimum atomic E-state index is 0.611. The van der Waals surface area contributed by atoms with E-state index in [9.17, 15) is 0 Å². The number of anilines is 1. The zero-order valence-electron chi connectivity index (χ0n) is 13.3. The second-order valence-electron chi connectivity index (χ2n) is 5.47. The molecule has 0 bridgehead atoms. The lowest BCUT2D eigenvalue weighted by atomic mass is 10.0. The molecule has 1 aliphatic carbocycles. The largest absolute Gasteiger partial charge is 0.481 e. The van der Waals surface area contributed by atoms with Crippen molar-refractivity contribution in [2.24, 2.45) is 0 Å². The van der Waals surface area contributed by atoms with E-state index < -0.39 is 0 Å². The summed E-state index contributed by atoms with van der Waals surface area (Å²) in [5.41, 5.74) is 8.85. The number of ether oxygens (including phenoxy) is 1. The van der Waals surface area contributed by atoms with Crippen LogP contribution in [0.5, 0.6) is 5.88 Å². The molecule has 4 nitrogen and oxygen atoms in total. The van der Waals surface area contributed by atoms with Crippen LogP contribution in [-0.2, 0) is 0 Å². The van der Waals surface area contributed by atoms with E-state index >= 15 is 0 Å². The average molecular weight is 315 g/mol. The molecule has 4 rings (SSSR count). The molecule has 2 aromatic rings. The standard InChI is InChI=1S/C20H17N3O/c1-24-19-12-11-16(13-21-19)18-14-22-23(17-9-3-2-4-10-17)20(18)15-7-5-6-8-15/h2-14,22H,1H3. The summed E-state index contributed by atoms with van der Waals surface area (Å²) in [5.74, 6) is 0.611. The van der Waals surface area contributed by atoms with Gasteiger partial charge < -0.3 is 10.2 Å². The van der Waals surface area contributed by atoms with E-state index in [4.69, 9.17) is 4.74 Å². The maximum atomic E-state index is 5.16. The minimum absolute atomic E-state index is 0.611. The molecule has 0 fully saturated rings. The average Bonchev–Trinajstić information content (AvgIpc) is 3.32. The highest BCUT2D eigenvalue weighted by atomic mass is 16.5.